The molecule has 0 spiro atoms. The monoisotopic (exact) mass is 474 g/mol. The fraction of sp³-hybridized carbons (Fsp3) is 1.00. The summed E-state index contributed by atoms with van der Waals surface area (Å²) in [7, 11) is -5.16. The normalized spacial score (nSPS) is 34.2. The predicted molar refractivity (Wildman–Crippen MR) is 87.1 cm³/mol. The Hall–Kier alpha value is 0.0695. The Morgan fingerprint density at radius 1 is 1.04 bits per heavy atom. The summed E-state index contributed by atoms with van der Waals surface area (Å²) in [5.74, 6) is 0. The van der Waals surface area contributed by atoms with Gasteiger partial charge >= 0.3 is 154 Å². The van der Waals surface area contributed by atoms with Gasteiger partial charge in [-0.15, -0.1) is 0 Å². The molecule has 1 fully saturated rings. The fourth-order valence-electron chi connectivity index (χ4n) is 2.75. The molecule has 1 saturated heterocycles. The van der Waals surface area contributed by atoms with Crippen LogP contribution in [-0.4, -0.2) is 124 Å². The zero-order valence-electron chi connectivity index (χ0n) is 13.6. The van der Waals surface area contributed by atoms with Gasteiger partial charge < -0.3 is 0 Å². The second kappa shape index (κ2) is 10.0. The van der Waals surface area contributed by atoms with Gasteiger partial charge in [0, 0.05) is 0 Å². The summed E-state index contributed by atoms with van der Waals surface area (Å²) >= 11 is -2.34. The second-order valence-electron chi connectivity index (χ2n) is 6.05. The number of hydrogen-bond donors (Lipinski definition) is 9. The first kappa shape index (κ1) is 24.1. The molecular formula is C12H26O12SSe. The zero-order chi connectivity index (χ0) is 20.2. The van der Waals surface area contributed by atoms with Gasteiger partial charge in [-0.3, -0.25) is 0 Å². The van der Waals surface area contributed by atoms with Gasteiger partial charge in [0.2, 0.25) is 0 Å². The molecule has 14 heteroatoms. The van der Waals surface area contributed by atoms with E-state index in [0.717, 1.165) is 0 Å². The van der Waals surface area contributed by atoms with Crippen LogP contribution in [0, 0.1) is 0 Å². The van der Waals surface area contributed by atoms with Gasteiger partial charge in [0.15, 0.2) is 0 Å². The summed E-state index contributed by atoms with van der Waals surface area (Å²) in [4.78, 5) is -0.691. The molecule has 26 heavy (non-hydrogen) atoms. The molecule has 1 rings (SSSR count). The van der Waals surface area contributed by atoms with Crippen LogP contribution in [0.1, 0.15) is 0 Å². The van der Waals surface area contributed by atoms with Crippen molar-refractivity contribution in [2.75, 3.05) is 13.2 Å². The average molecular weight is 473 g/mol. The molecule has 1 unspecified atom stereocenters. The summed E-state index contributed by atoms with van der Waals surface area (Å²) in [5, 5.41) is 76.8. The van der Waals surface area contributed by atoms with Gasteiger partial charge in [-0.05, 0) is 0 Å². The van der Waals surface area contributed by atoms with Crippen molar-refractivity contribution in [3.05, 3.63) is 0 Å². The van der Waals surface area contributed by atoms with Crippen LogP contribution in [0.4, 0.5) is 0 Å². The molecule has 12 nitrogen and oxygen atoms in total. The van der Waals surface area contributed by atoms with E-state index in [1.165, 1.54) is 0 Å². The molecule has 1 heterocycles. The average Bonchev–Trinajstić information content (AvgIpc) is 2.82. The first-order valence-corrected chi connectivity index (χ1v) is 12.7. The summed E-state index contributed by atoms with van der Waals surface area (Å²) in [6, 6.07) is 0. The third-order valence-electron chi connectivity index (χ3n) is 4.17. The summed E-state index contributed by atoms with van der Waals surface area (Å²) < 4.78 is 35.0. The standard InChI is InChI=1S/C12H26O12SSe/c13-1-5(15)10(19)11(20)12(24-25(21,22)23)7(17)4-26-3-6(16)9(18)8(26)2-14/h5-20,26H,1-4H2,(H,21,22,23)/t5-,6+,7+,8+,9-,10+,11+,12+/m0/s1. The minimum atomic E-state index is -5.16. The van der Waals surface area contributed by atoms with Crippen molar-refractivity contribution >= 4 is 24.3 Å². The third kappa shape index (κ3) is 6.31. The Kier molecular flexibility index (Phi) is 9.29. The Balaban J connectivity index is 2.95. The predicted octanol–water partition coefficient (Wildman–Crippen LogP) is -5.06. The van der Waals surface area contributed by atoms with Gasteiger partial charge in [-0.25, -0.2) is 0 Å². The number of aliphatic hydroxyl groups is 8. The summed E-state index contributed by atoms with van der Waals surface area (Å²) in [5.41, 5.74) is 0. The zero-order valence-corrected chi connectivity index (χ0v) is 16.2. The van der Waals surface area contributed by atoms with Crippen molar-refractivity contribution in [1.82, 2.24) is 0 Å². The van der Waals surface area contributed by atoms with Crippen molar-refractivity contribution in [2.45, 2.75) is 58.2 Å². The van der Waals surface area contributed by atoms with Crippen LogP contribution in [0.25, 0.3) is 0 Å². The van der Waals surface area contributed by atoms with Crippen molar-refractivity contribution < 1.29 is 58.0 Å². The van der Waals surface area contributed by atoms with Crippen molar-refractivity contribution in [3.8, 4) is 0 Å². The maximum absolute atomic E-state index is 11.0. The SMILES string of the molecule is O=S(=O)(O)O[C@@H]([C@H](O)[C@H](O)[C@@H](O)CO)[C@H](O)C[SeH]1C[C@@H](O)[C@H](O)[C@H]1CO. The minimum absolute atomic E-state index is 0.104. The quantitative estimate of drug-likeness (QED) is 0.107. The molecule has 0 saturated carbocycles. The first-order chi connectivity index (χ1) is 11.9. The van der Waals surface area contributed by atoms with Gasteiger partial charge in [0.05, 0.1) is 0 Å². The Morgan fingerprint density at radius 2 is 1.62 bits per heavy atom. The van der Waals surface area contributed by atoms with Crippen LogP contribution < -0.4 is 0 Å². The van der Waals surface area contributed by atoms with Gasteiger partial charge in [0.25, 0.3) is 0 Å². The molecule has 9 N–H and O–H groups in total. The molecule has 1 aliphatic heterocycles. The number of aliphatic hydroxyl groups excluding tert-OH is 8. The molecule has 9 atom stereocenters. The van der Waals surface area contributed by atoms with Crippen LogP contribution in [0.5, 0.6) is 0 Å². The first-order valence-electron chi connectivity index (χ1n) is 7.62. The molecule has 0 aliphatic carbocycles. The van der Waals surface area contributed by atoms with Crippen LogP contribution in [0.15, 0.2) is 0 Å². The van der Waals surface area contributed by atoms with E-state index in [1.807, 2.05) is 0 Å². The van der Waals surface area contributed by atoms with Crippen LogP contribution in [0.3, 0.4) is 0 Å². The second-order valence-corrected chi connectivity index (χ2v) is 12.5. The van der Waals surface area contributed by atoms with E-state index in [0.29, 0.717) is 0 Å². The van der Waals surface area contributed by atoms with E-state index in [2.05, 4.69) is 4.18 Å². The van der Waals surface area contributed by atoms with Gasteiger partial charge in [0.1, 0.15) is 0 Å². The van der Waals surface area contributed by atoms with Crippen molar-refractivity contribution in [2.24, 2.45) is 0 Å². The van der Waals surface area contributed by atoms with E-state index in [-0.39, 0.29) is 10.6 Å². The van der Waals surface area contributed by atoms with Gasteiger partial charge in [-0.2, -0.15) is 0 Å². The summed E-state index contributed by atoms with van der Waals surface area (Å²) in [6.07, 6.45) is -12.4. The van der Waals surface area contributed by atoms with Crippen LogP contribution in [0.2, 0.25) is 15.5 Å². The molecule has 158 valence electrons. The van der Waals surface area contributed by atoms with Crippen LogP contribution in [-0.2, 0) is 14.6 Å². The Morgan fingerprint density at radius 3 is 2.08 bits per heavy atom. The van der Waals surface area contributed by atoms with E-state index in [1.54, 1.807) is 0 Å². The number of rotatable bonds is 10. The van der Waals surface area contributed by atoms with Crippen molar-refractivity contribution in [3.63, 3.8) is 0 Å². The number of hydrogen-bond acceptors (Lipinski definition) is 11. The molecule has 0 aromatic heterocycles. The fourth-order valence-corrected chi connectivity index (χ4v) is 9.44. The van der Waals surface area contributed by atoms with E-state index >= 15 is 0 Å². The third-order valence-corrected chi connectivity index (χ3v) is 11.1. The topological polar surface area (TPSA) is 225 Å². The van der Waals surface area contributed by atoms with E-state index < -0.39 is 85.1 Å². The molecule has 0 aromatic carbocycles. The van der Waals surface area contributed by atoms with E-state index in [9.17, 15) is 44.2 Å². The van der Waals surface area contributed by atoms with Gasteiger partial charge in [-0.1, -0.05) is 0 Å². The molecule has 0 radical (unpaired) electrons. The molecule has 0 amide bonds. The Bertz CT molecular complexity index is 532. The summed E-state index contributed by atoms with van der Waals surface area (Å²) in [6.45, 7) is -1.45. The molecule has 1 aliphatic rings. The van der Waals surface area contributed by atoms with Crippen LogP contribution >= 0.6 is 0 Å². The van der Waals surface area contributed by atoms with Crippen molar-refractivity contribution in [1.29, 1.82) is 0 Å². The molecule has 0 aromatic rings. The maximum atomic E-state index is 11.0. The van der Waals surface area contributed by atoms with E-state index in [4.69, 9.17) is 9.66 Å². The Labute approximate surface area is 154 Å². The molecule has 0 bridgehead atoms. The molecular weight excluding hydrogens is 447 g/mol.